The van der Waals surface area contributed by atoms with Crippen molar-refractivity contribution in [3.63, 3.8) is 0 Å². The summed E-state index contributed by atoms with van der Waals surface area (Å²) >= 11 is 13.3. The van der Waals surface area contributed by atoms with Gasteiger partial charge in [0.2, 0.25) is 6.10 Å². The number of para-hydroxylation sites is 2. The zero-order chi connectivity index (χ0) is 18.1. The molecule has 2 heterocycles. The van der Waals surface area contributed by atoms with Gasteiger partial charge in [0.1, 0.15) is 6.61 Å². The van der Waals surface area contributed by atoms with Gasteiger partial charge in [0.15, 0.2) is 16.6 Å². The third-order valence-electron chi connectivity index (χ3n) is 3.75. The predicted octanol–water partition coefficient (Wildman–Crippen LogP) is 4.90. The first-order valence-electron chi connectivity index (χ1n) is 7.70. The van der Waals surface area contributed by atoms with Crippen molar-refractivity contribution in [3.8, 4) is 22.8 Å². The van der Waals surface area contributed by atoms with Crippen molar-refractivity contribution in [2.24, 2.45) is 0 Å². The van der Waals surface area contributed by atoms with E-state index in [4.69, 9.17) is 32.7 Å². The molecule has 0 aliphatic carbocycles. The summed E-state index contributed by atoms with van der Waals surface area (Å²) in [5.41, 5.74) is 1.53. The van der Waals surface area contributed by atoms with E-state index in [2.05, 4.69) is 10.3 Å². The van der Waals surface area contributed by atoms with Crippen LogP contribution < -0.4 is 14.8 Å². The first-order chi connectivity index (χ1) is 12.6. The van der Waals surface area contributed by atoms with Gasteiger partial charge in [0, 0.05) is 10.9 Å². The normalized spacial score (nSPS) is 15.5. The van der Waals surface area contributed by atoms with Crippen LogP contribution in [0.4, 0.5) is 5.13 Å². The highest BCUT2D eigenvalue weighted by Crippen LogP contribution is 2.32. The van der Waals surface area contributed by atoms with Crippen molar-refractivity contribution < 1.29 is 14.3 Å². The van der Waals surface area contributed by atoms with Crippen LogP contribution in [0, 0.1) is 0 Å². The van der Waals surface area contributed by atoms with Crippen molar-refractivity contribution in [3.05, 3.63) is 57.9 Å². The van der Waals surface area contributed by atoms with Gasteiger partial charge in [0.05, 0.1) is 15.7 Å². The van der Waals surface area contributed by atoms with Crippen LogP contribution in [0.2, 0.25) is 10.0 Å². The third-order valence-corrected chi connectivity index (χ3v) is 5.25. The van der Waals surface area contributed by atoms with Crippen LogP contribution in [0.3, 0.4) is 0 Å². The molecule has 1 aliphatic heterocycles. The van der Waals surface area contributed by atoms with Crippen LogP contribution in [-0.2, 0) is 4.79 Å². The molecule has 0 radical (unpaired) electrons. The number of amides is 1. The molecule has 26 heavy (non-hydrogen) atoms. The second-order valence-electron chi connectivity index (χ2n) is 5.52. The first kappa shape index (κ1) is 17.1. The molecule has 1 aromatic heterocycles. The average molecular weight is 407 g/mol. The maximum Gasteiger partial charge on any atom is 0.270 e. The lowest BCUT2D eigenvalue weighted by atomic mass is 10.2. The first-order valence-corrected chi connectivity index (χ1v) is 9.34. The van der Waals surface area contributed by atoms with Gasteiger partial charge in [-0.2, -0.15) is 0 Å². The highest BCUT2D eigenvalue weighted by Gasteiger charge is 2.27. The average Bonchev–Trinajstić information content (AvgIpc) is 3.12. The Labute approximate surface area is 163 Å². The second kappa shape index (κ2) is 7.15. The topological polar surface area (TPSA) is 60.5 Å². The minimum absolute atomic E-state index is 0.147. The monoisotopic (exact) mass is 406 g/mol. The van der Waals surface area contributed by atoms with Crippen LogP contribution in [0.5, 0.6) is 11.5 Å². The summed E-state index contributed by atoms with van der Waals surface area (Å²) in [5, 5.41) is 6.00. The molecule has 0 bridgehead atoms. The van der Waals surface area contributed by atoms with Crippen molar-refractivity contribution in [1.82, 2.24) is 4.98 Å². The molecule has 1 amide bonds. The van der Waals surface area contributed by atoms with E-state index in [0.29, 0.717) is 32.4 Å². The summed E-state index contributed by atoms with van der Waals surface area (Å²) in [7, 11) is 0. The van der Waals surface area contributed by atoms with Gasteiger partial charge in [-0.3, -0.25) is 10.1 Å². The fourth-order valence-electron chi connectivity index (χ4n) is 2.45. The molecule has 0 spiro atoms. The molecule has 0 saturated carbocycles. The minimum Gasteiger partial charge on any atom is -0.485 e. The SMILES string of the molecule is O=C(Nc1nc(-c2ccc(Cl)c(Cl)c2)cs1)[C@H]1COc2ccccc2O1. The second-order valence-corrected chi connectivity index (χ2v) is 7.19. The predicted molar refractivity (Wildman–Crippen MR) is 103 cm³/mol. The Kier molecular flexibility index (Phi) is 4.72. The quantitative estimate of drug-likeness (QED) is 0.671. The third kappa shape index (κ3) is 3.49. The molecule has 2 aromatic carbocycles. The Balaban J connectivity index is 1.46. The lowest BCUT2D eigenvalue weighted by Crippen LogP contribution is -2.40. The molecule has 0 unspecified atom stereocenters. The van der Waals surface area contributed by atoms with Crippen LogP contribution in [0.15, 0.2) is 47.8 Å². The number of aromatic nitrogens is 1. The largest absolute Gasteiger partial charge is 0.485 e. The van der Waals surface area contributed by atoms with Gasteiger partial charge in [-0.05, 0) is 24.3 Å². The zero-order valence-corrected chi connectivity index (χ0v) is 15.6. The van der Waals surface area contributed by atoms with Gasteiger partial charge in [0.25, 0.3) is 5.91 Å². The lowest BCUT2D eigenvalue weighted by Gasteiger charge is -2.25. The van der Waals surface area contributed by atoms with E-state index in [-0.39, 0.29) is 12.5 Å². The maximum atomic E-state index is 12.4. The van der Waals surface area contributed by atoms with Crippen LogP contribution in [0.1, 0.15) is 0 Å². The number of hydrogen-bond acceptors (Lipinski definition) is 5. The zero-order valence-electron chi connectivity index (χ0n) is 13.2. The Morgan fingerprint density at radius 1 is 1.15 bits per heavy atom. The van der Waals surface area contributed by atoms with E-state index in [1.807, 2.05) is 23.6 Å². The summed E-state index contributed by atoms with van der Waals surface area (Å²) in [5.74, 6) is 0.872. The van der Waals surface area contributed by atoms with E-state index in [9.17, 15) is 4.79 Å². The summed E-state index contributed by atoms with van der Waals surface area (Å²) in [6.07, 6.45) is -0.734. The van der Waals surface area contributed by atoms with Crippen molar-refractivity contribution in [1.29, 1.82) is 0 Å². The smallest absolute Gasteiger partial charge is 0.270 e. The molecule has 0 saturated heterocycles. The molecule has 3 aromatic rings. The van der Waals surface area contributed by atoms with Crippen LogP contribution in [-0.4, -0.2) is 23.6 Å². The van der Waals surface area contributed by atoms with Crippen LogP contribution >= 0.6 is 34.5 Å². The van der Waals surface area contributed by atoms with Crippen LogP contribution in [0.25, 0.3) is 11.3 Å². The molecule has 1 atom stereocenters. The molecule has 4 rings (SSSR count). The molecule has 0 fully saturated rings. The van der Waals surface area contributed by atoms with E-state index < -0.39 is 6.10 Å². The molecule has 132 valence electrons. The number of carbonyl (C=O) groups excluding carboxylic acids is 1. The lowest BCUT2D eigenvalue weighted by molar-refractivity contribution is -0.125. The number of thiazole rings is 1. The number of halogens is 2. The summed E-state index contributed by atoms with van der Waals surface area (Å²) in [6, 6.07) is 12.5. The van der Waals surface area contributed by atoms with Crippen molar-refractivity contribution >= 4 is 45.6 Å². The fraction of sp³-hybridized carbons (Fsp3) is 0.111. The number of nitrogens with one attached hydrogen (secondary N) is 1. The number of hydrogen-bond donors (Lipinski definition) is 1. The van der Waals surface area contributed by atoms with Crippen molar-refractivity contribution in [2.75, 3.05) is 11.9 Å². The van der Waals surface area contributed by atoms with Gasteiger partial charge in [-0.15, -0.1) is 11.3 Å². The van der Waals surface area contributed by atoms with Gasteiger partial charge >= 0.3 is 0 Å². The molecular weight excluding hydrogens is 395 g/mol. The van der Waals surface area contributed by atoms with Gasteiger partial charge < -0.3 is 9.47 Å². The Morgan fingerprint density at radius 3 is 2.77 bits per heavy atom. The maximum absolute atomic E-state index is 12.4. The molecule has 8 heteroatoms. The fourth-order valence-corrected chi connectivity index (χ4v) is 3.47. The van der Waals surface area contributed by atoms with Crippen molar-refractivity contribution in [2.45, 2.75) is 6.10 Å². The molecule has 1 N–H and O–H groups in total. The van der Waals surface area contributed by atoms with E-state index in [1.165, 1.54) is 11.3 Å². The number of rotatable bonds is 3. The number of nitrogens with zero attached hydrogens (tertiary/aromatic N) is 1. The minimum atomic E-state index is -0.734. The van der Waals surface area contributed by atoms with Gasteiger partial charge in [-0.1, -0.05) is 41.4 Å². The highest BCUT2D eigenvalue weighted by molar-refractivity contribution is 7.14. The number of ether oxygens (including phenoxy) is 2. The van der Waals surface area contributed by atoms with E-state index in [0.717, 1.165) is 5.56 Å². The summed E-state index contributed by atoms with van der Waals surface area (Å²) in [6.45, 7) is 0.147. The molecular formula is C18H12Cl2N2O3S. The van der Waals surface area contributed by atoms with Gasteiger partial charge in [-0.25, -0.2) is 4.98 Å². The van der Waals surface area contributed by atoms with E-state index in [1.54, 1.807) is 24.3 Å². The summed E-state index contributed by atoms with van der Waals surface area (Å²) < 4.78 is 11.3. The number of anilines is 1. The Bertz CT molecular complexity index is 977. The summed E-state index contributed by atoms with van der Waals surface area (Å²) in [4.78, 5) is 16.9. The molecule has 1 aliphatic rings. The highest BCUT2D eigenvalue weighted by atomic mass is 35.5. The Morgan fingerprint density at radius 2 is 1.96 bits per heavy atom. The molecule has 5 nitrogen and oxygen atoms in total. The number of benzene rings is 2. The van der Waals surface area contributed by atoms with E-state index >= 15 is 0 Å². The number of fused-ring (bicyclic) bond motifs is 1. The number of carbonyl (C=O) groups is 1. The standard InChI is InChI=1S/C18H12Cl2N2O3S/c19-11-6-5-10(7-12(11)20)13-9-26-18(21-13)22-17(23)16-8-24-14-3-1-2-4-15(14)25-16/h1-7,9,16H,8H2,(H,21,22,23)/t16-/m1/s1. The Hall–Kier alpha value is -2.28.